The Labute approximate surface area is 164 Å². The van der Waals surface area contributed by atoms with Crippen molar-refractivity contribution in [3.05, 3.63) is 76.3 Å². The smallest absolute Gasteiger partial charge is 0.251 e. The fourth-order valence-corrected chi connectivity index (χ4v) is 3.57. The van der Waals surface area contributed by atoms with Crippen LogP contribution in [0.15, 0.2) is 53.9 Å². The second-order valence-corrected chi connectivity index (χ2v) is 7.58. The number of nitrogens with zero attached hydrogens (tertiary/aromatic N) is 1. The van der Waals surface area contributed by atoms with Gasteiger partial charge in [-0.15, -0.1) is 11.3 Å². The van der Waals surface area contributed by atoms with Crippen LogP contribution in [0.4, 0.5) is 10.8 Å². The molecule has 5 nitrogen and oxygen atoms in total. The van der Waals surface area contributed by atoms with Crippen LogP contribution in [0.25, 0.3) is 0 Å². The van der Waals surface area contributed by atoms with Gasteiger partial charge in [-0.3, -0.25) is 4.79 Å². The maximum atomic E-state index is 11.6. The first-order chi connectivity index (χ1) is 13.0. The molecule has 1 unspecified atom stereocenters. The van der Waals surface area contributed by atoms with E-state index in [0.717, 1.165) is 29.6 Å². The monoisotopic (exact) mass is 381 g/mol. The first-order valence-corrected chi connectivity index (χ1v) is 9.82. The third-order valence-electron chi connectivity index (χ3n) is 4.29. The minimum Gasteiger partial charge on any atom is -0.355 e. The number of carbonyl (C=O) groups excluding carboxylic acids is 1. The average Bonchev–Trinajstić information content (AvgIpc) is 3.10. The van der Waals surface area contributed by atoms with Gasteiger partial charge >= 0.3 is 0 Å². The summed E-state index contributed by atoms with van der Waals surface area (Å²) in [4.78, 5) is 17.6. The molecule has 0 bridgehead atoms. The molecule has 0 saturated carbocycles. The molecule has 3 aromatic rings. The number of thiazole rings is 1. The number of nitrogens with one attached hydrogen (secondary N) is 3. The quantitative estimate of drug-likeness (QED) is 0.590. The molecule has 27 heavy (non-hydrogen) atoms. The lowest BCUT2D eigenvalue weighted by Gasteiger charge is -2.13. The minimum absolute atomic E-state index is 0.0571. The fourth-order valence-electron chi connectivity index (χ4n) is 2.84. The van der Waals surface area contributed by atoms with Gasteiger partial charge in [0.05, 0.1) is 7.05 Å². The highest BCUT2D eigenvalue weighted by atomic mass is 32.1. The zero-order valence-electron chi connectivity index (χ0n) is 15.9. The zero-order chi connectivity index (χ0) is 19.2. The van der Waals surface area contributed by atoms with Crippen molar-refractivity contribution in [1.29, 1.82) is 0 Å². The van der Waals surface area contributed by atoms with Gasteiger partial charge in [-0.05, 0) is 31.2 Å². The van der Waals surface area contributed by atoms with Crippen molar-refractivity contribution in [2.24, 2.45) is 0 Å². The number of aryl methyl sites for hydroxylation is 1. The normalized spacial score (nSPS) is 11.8. The third-order valence-corrected chi connectivity index (χ3v) is 5.09. The van der Waals surface area contributed by atoms with Crippen LogP contribution in [0.3, 0.4) is 0 Å². The number of anilines is 2. The number of aromatic nitrogens is 1. The number of carbonyl (C=O) groups is 1. The van der Waals surface area contributed by atoms with E-state index in [2.05, 4.69) is 54.3 Å². The second kappa shape index (κ2) is 8.79. The van der Waals surface area contributed by atoms with Crippen LogP contribution in [-0.4, -0.2) is 25.0 Å². The predicted octanol–water partition coefficient (Wildman–Crippen LogP) is 2.77. The van der Waals surface area contributed by atoms with E-state index in [4.69, 9.17) is 4.98 Å². The van der Waals surface area contributed by atoms with Crippen LogP contribution in [0.5, 0.6) is 0 Å². The molecule has 1 heterocycles. The summed E-state index contributed by atoms with van der Waals surface area (Å²) in [5, 5.41) is 9.02. The van der Waals surface area contributed by atoms with Crippen LogP contribution < -0.4 is 15.5 Å². The summed E-state index contributed by atoms with van der Waals surface area (Å²) in [6.07, 6.45) is 0. The molecule has 0 saturated heterocycles. The lowest BCUT2D eigenvalue weighted by atomic mass is 10.1. The van der Waals surface area contributed by atoms with E-state index in [1.54, 1.807) is 18.4 Å². The third kappa shape index (κ3) is 5.39. The summed E-state index contributed by atoms with van der Waals surface area (Å²) in [6.45, 7) is 3.81. The molecule has 0 aliphatic carbocycles. The van der Waals surface area contributed by atoms with Crippen LogP contribution in [0, 0.1) is 6.92 Å². The Morgan fingerprint density at radius 3 is 2.44 bits per heavy atom. The average molecular weight is 382 g/mol. The molecule has 0 fully saturated rings. The number of quaternary nitrogens is 1. The van der Waals surface area contributed by atoms with Gasteiger partial charge in [-0.25, -0.2) is 4.98 Å². The van der Waals surface area contributed by atoms with Crippen molar-refractivity contribution in [1.82, 2.24) is 10.3 Å². The molecule has 0 aliphatic rings. The van der Waals surface area contributed by atoms with Crippen LogP contribution >= 0.6 is 11.3 Å². The van der Waals surface area contributed by atoms with Crippen LogP contribution in [-0.2, 0) is 13.1 Å². The van der Waals surface area contributed by atoms with Crippen molar-refractivity contribution >= 4 is 28.1 Å². The lowest BCUT2D eigenvalue weighted by molar-refractivity contribution is -0.908. The highest BCUT2D eigenvalue weighted by molar-refractivity contribution is 7.13. The molecule has 140 valence electrons. The molecule has 0 aliphatic heterocycles. The summed E-state index contributed by atoms with van der Waals surface area (Å²) in [7, 11) is 3.79. The number of hydrogen-bond acceptors (Lipinski definition) is 4. The summed E-state index contributed by atoms with van der Waals surface area (Å²) < 4.78 is 0. The fraction of sp³-hybridized carbons (Fsp3) is 0.238. The molecule has 3 N–H and O–H groups in total. The molecular weight excluding hydrogens is 356 g/mol. The molecule has 2 aromatic carbocycles. The van der Waals surface area contributed by atoms with Gasteiger partial charge in [-0.1, -0.05) is 29.8 Å². The van der Waals surface area contributed by atoms with Gasteiger partial charge in [0.25, 0.3) is 5.91 Å². The maximum Gasteiger partial charge on any atom is 0.251 e. The number of amides is 1. The van der Waals surface area contributed by atoms with Crippen LogP contribution in [0.1, 0.15) is 27.2 Å². The van der Waals surface area contributed by atoms with Crippen molar-refractivity contribution < 1.29 is 9.69 Å². The highest BCUT2D eigenvalue weighted by Crippen LogP contribution is 2.20. The Morgan fingerprint density at radius 1 is 1.07 bits per heavy atom. The van der Waals surface area contributed by atoms with Gasteiger partial charge < -0.3 is 15.5 Å². The van der Waals surface area contributed by atoms with Gasteiger partial charge in [0, 0.05) is 29.2 Å². The van der Waals surface area contributed by atoms with E-state index in [-0.39, 0.29) is 5.91 Å². The Bertz CT molecular complexity index is 887. The van der Waals surface area contributed by atoms with E-state index in [9.17, 15) is 4.79 Å². The molecule has 0 spiro atoms. The number of hydrogen-bond donors (Lipinski definition) is 3. The summed E-state index contributed by atoms with van der Waals surface area (Å²) in [5.41, 5.74) is 5.26. The minimum atomic E-state index is -0.0571. The molecule has 1 aromatic heterocycles. The Balaban J connectivity index is 1.55. The van der Waals surface area contributed by atoms with Crippen LogP contribution in [0.2, 0.25) is 0 Å². The van der Waals surface area contributed by atoms with Crippen molar-refractivity contribution in [2.45, 2.75) is 20.0 Å². The summed E-state index contributed by atoms with van der Waals surface area (Å²) >= 11 is 1.62. The van der Waals surface area contributed by atoms with Gasteiger partial charge in [0.15, 0.2) is 5.13 Å². The van der Waals surface area contributed by atoms with Crippen molar-refractivity contribution in [2.75, 3.05) is 19.4 Å². The number of rotatable bonds is 7. The lowest BCUT2D eigenvalue weighted by Crippen LogP contribution is -3.06. The van der Waals surface area contributed by atoms with Gasteiger partial charge in [-0.2, -0.15) is 0 Å². The SMILES string of the molecule is CNC(=O)c1ccc(C[NH+](C)Cc2csc(Nc3ccc(C)cc3)n2)cc1. The second-order valence-electron chi connectivity index (χ2n) is 6.72. The molecule has 1 amide bonds. The number of benzene rings is 2. The largest absolute Gasteiger partial charge is 0.355 e. The van der Waals surface area contributed by atoms with E-state index in [1.807, 2.05) is 24.3 Å². The van der Waals surface area contributed by atoms with E-state index >= 15 is 0 Å². The molecular formula is C21H25N4OS+. The topological polar surface area (TPSA) is 58.5 Å². The maximum absolute atomic E-state index is 11.6. The Kier molecular flexibility index (Phi) is 6.21. The first-order valence-electron chi connectivity index (χ1n) is 8.94. The Hall–Kier alpha value is -2.70. The molecule has 1 atom stereocenters. The highest BCUT2D eigenvalue weighted by Gasteiger charge is 2.10. The van der Waals surface area contributed by atoms with Crippen molar-refractivity contribution in [3.8, 4) is 0 Å². The first kappa shape index (κ1) is 19.1. The molecule has 0 radical (unpaired) electrons. The van der Waals surface area contributed by atoms with E-state index in [1.165, 1.54) is 16.0 Å². The van der Waals surface area contributed by atoms with E-state index < -0.39 is 0 Å². The van der Waals surface area contributed by atoms with E-state index in [0.29, 0.717) is 5.56 Å². The zero-order valence-corrected chi connectivity index (χ0v) is 16.7. The van der Waals surface area contributed by atoms with Crippen molar-refractivity contribution in [3.63, 3.8) is 0 Å². The summed E-state index contributed by atoms with van der Waals surface area (Å²) in [5.74, 6) is -0.0571. The van der Waals surface area contributed by atoms with Gasteiger partial charge in [0.2, 0.25) is 0 Å². The predicted molar refractivity (Wildman–Crippen MR) is 111 cm³/mol. The summed E-state index contributed by atoms with van der Waals surface area (Å²) in [6, 6.07) is 16.1. The molecule has 3 rings (SSSR count). The van der Waals surface area contributed by atoms with Gasteiger partial charge in [0.1, 0.15) is 18.8 Å². The Morgan fingerprint density at radius 2 is 1.78 bits per heavy atom. The standard InChI is InChI=1S/C21H24N4OS/c1-15-4-10-18(11-5-15)23-21-24-19(14-27-21)13-25(3)12-16-6-8-17(9-7-16)20(26)22-2/h4-11,14H,12-13H2,1-3H3,(H,22,26)(H,23,24)/p+1. The molecule has 6 heteroatoms.